The highest BCUT2D eigenvalue weighted by molar-refractivity contribution is 5.39. The maximum absolute atomic E-state index is 9.57. The Morgan fingerprint density at radius 2 is 2.28 bits per heavy atom. The van der Waals surface area contributed by atoms with Crippen molar-refractivity contribution < 1.29 is 9.84 Å². The molecule has 0 saturated carbocycles. The number of fused-ring (bicyclic) bond motifs is 1. The summed E-state index contributed by atoms with van der Waals surface area (Å²) in [5, 5.41) is 9.57. The lowest BCUT2D eigenvalue weighted by Gasteiger charge is -2.39. The predicted octanol–water partition coefficient (Wildman–Crippen LogP) is 2.24. The van der Waals surface area contributed by atoms with Gasteiger partial charge in [0.15, 0.2) is 0 Å². The molecule has 0 amide bonds. The maximum Gasteiger partial charge on any atom is 0.119 e. The second-order valence-corrected chi connectivity index (χ2v) is 5.09. The number of nitrogens with zero attached hydrogens (tertiary/aromatic N) is 1. The van der Waals surface area contributed by atoms with Gasteiger partial charge in [0.05, 0.1) is 7.11 Å². The molecule has 1 heterocycles. The zero-order valence-corrected chi connectivity index (χ0v) is 11.5. The Hall–Kier alpha value is -1.06. The van der Waals surface area contributed by atoms with E-state index in [1.165, 1.54) is 11.1 Å². The molecule has 0 aromatic heterocycles. The van der Waals surface area contributed by atoms with Gasteiger partial charge in [0, 0.05) is 25.1 Å². The first-order valence-electron chi connectivity index (χ1n) is 6.69. The lowest BCUT2D eigenvalue weighted by atomic mass is 9.84. The Morgan fingerprint density at radius 1 is 1.50 bits per heavy atom. The average Bonchev–Trinajstić information content (AvgIpc) is 2.41. The van der Waals surface area contributed by atoms with Gasteiger partial charge in [-0.1, -0.05) is 13.0 Å². The van der Waals surface area contributed by atoms with Crippen molar-refractivity contribution >= 4 is 0 Å². The third-order valence-corrected chi connectivity index (χ3v) is 4.08. The summed E-state index contributed by atoms with van der Waals surface area (Å²) in [5.41, 5.74) is 2.72. The number of methoxy groups -OCH3 is 1. The van der Waals surface area contributed by atoms with Gasteiger partial charge in [-0.25, -0.2) is 0 Å². The molecule has 0 bridgehead atoms. The topological polar surface area (TPSA) is 32.7 Å². The van der Waals surface area contributed by atoms with Gasteiger partial charge >= 0.3 is 0 Å². The van der Waals surface area contributed by atoms with Crippen molar-refractivity contribution in [3.8, 4) is 5.75 Å². The van der Waals surface area contributed by atoms with Crippen molar-refractivity contribution in [2.45, 2.75) is 25.8 Å². The zero-order chi connectivity index (χ0) is 13.1. The van der Waals surface area contributed by atoms with Crippen LogP contribution in [-0.4, -0.2) is 37.3 Å². The smallest absolute Gasteiger partial charge is 0.119 e. The summed E-state index contributed by atoms with van der Waals surface area (Å²) >= 11 is 0. The van der Waals surface area contributed by atoms with E-state index in [-0.39, 0.29) is 6.61 Å². The number of hydrogen-bond acceptors (Lipinski definition) is 3. The zero-order valence-electron chi connectivity index (χ0n) is 11.5. The minimum atomic E-state index is 0.247. The molecule has 0 aliphatic carbocycles. The van der Waals surface area contributed by atoms with Crippen molar-refractivity contribution in [1.29, 1.82) is 0 Å². The molecule has 0 fully saturated rings. The molecule has 100 valence electrons. The quantitative estimate of drug-likeness (QED) is 0.888. The number of hydrogen-bond donors (Lipinski definition) is 1. The highest BCUT2D eigenvalue weighted by Gasteiger charge is 2.30. The van der Waals surface area contributed by atoms with Crippen LogP contribution in [0.15, 0.2) is 18.2 Å². The molecule has 1 aliphatic rings. The Kier molecular flexibility index (Phi) is 4.25. The van der Waals surface area contributed by atoms with Crippen LogP contribution < -0.4 is 4.74 Å². The van der Waals surface area contributed by atoms with Gasteiger partial charge in [0.25, 0.3) is 0 Å². The molecule has 2 rings (SSSR count). The van der Waals surface area contributed by atoms with Gasteiger partial charge < -0.3 is 9.84 Å². The van der Waals surface area contributed by atoms with E-state index in [0.29, 0.717) is 12.0 Å². The highest BCUT2D eigenvalue weighted by atomic mass is 16.5. The third-order valence-electron chi connectivity index (χ3n) is 4.08. The standard InChI is InChI=1S/C15H23NO2/c1-4-11(10-17)15-14-6-5-13(18-3)9-12(14)7-8-16(15)2/h5-6,9,11,15,17H,4,7-8,10H2,1-3H3. The van der Waals surface area contributed by atoms with Crippen LogP contribution in [0.2, 0.25) is 0 Å². The van der Waals surface area contributed by atoms with Gasteiger partial charge in [-0.3, -0.25) is 4.90 Å². The lowest BCUT2D eigenvalue weighted by molar-refractivity contribution is 0.106. The van der Waals surface area contributed by atoms with Crippen molar-refractivity contribution in [3.63, 3.8) is 0 Å². The molecule has 3 nitrogen and oxygen atoms in total. The minimum absolute atomic E-state index is 0.247. The molecule has 0 spiro atoms. The molecule has 0 radical (unpaired) electrons. The summed E-state index contributed by atoms with van der Waals surface area (Å²) in [5.74, 6) is 1.23. The van der Waals surface area contributed by atoms with E-state index in [2.05, 4.69) is 31.0 Å². The summed E-state index contributed by atoms with van der Waals surface area (Å²) in [6.07, 6.45) is 2.05. The second-order valence-electron chi connectivity index (χ2n) is 5.09. The molecule has 18 heavy (non-hydrogen) atoms. The molecule has 2 unspecified atom stereocenters. The van der Waals surface area contributed by atoms with E-state index in [0.717, 1.165) is 25.1 Å². The summed E-state index contributed by atoms with van der Waals surface area (Å²) in [6, 6.07) is 6.65. The SMILES string of the molecule is CCC(CO)C1c2ccc(OC)cc2CCN1C. The molecule has 3 heteroatoms. The molecular formula is C15H23NO2. The Morgan fingerprint density at radius 3 is 2.89 bits per heavy atom. The first-order chi connectivity index (χ1) is 8.71. The van der Waals surface area contributed by atoms with Crippen molar-refractivity contribution in [3.05, 3.63) is 29.3 Å². The first-order valence-corrected chi connectivity index (χ1v) is 6.69. The largest absolute Gasteiger partial charge is 0.497 e. The predicted molar refractivity (Wildman–Crippen MR) is 72.9 cm³/mol. The first kappa shape index (κ1) is 13.4. The monoisotopic (exact) mass is 249 g/mol. The Labute approximate surface area is 109 Å². The molecule has 0 saturated heterocycles. The highest BCUT2D eigenvalue weighted by Crippen LogP contribution is 2.37. The normalized spacial score (nSPS) is 21.4. The van der Waals surface area contributed by atoms with E-state index in [9.17, 15) is 5.11 Å². The molecular weight excluding hydrogens is 226 g/mol. The van der Waals surface area contributed by atoms with Crippen LogP contribution in [0.25, 0.3) is 0 Å². The van der Waals surface area contributed by atoms with Gasteiger partial charge in [-0.15, -0.1) is 0 Å². The Balaban J connectivity index is 2.37. The summed E-state index contributed by atoms with van der Waals surface area (Å²) in [6.45, 7) is 3.44. The fraction of sp³-hybridized carbons (Fsp3) is 0.600. The van der Waals surface area contributed by atoms with Crippen molar-refractivity contribution in [1.82, 2.24) is 4.90 Å². The van der Waals surface area contributed by atoms with Gasteiger partial charge in [0.2, 0.25) is 0 Å². The van der Waals surface area contributed by atoms with E-state index in [4.69, 9.17) is 4.74 Å². The van der Waals surface area contributed by atoms with Crippen LogP contribution in [0.1, 0.15) is 30.5 Å². The molecule has 1 aliphatic heterocycles. The molecule has 1 N–H and O–H groups in total. The van der Waals surface area contributed by atoms with Gasteiger partial charge in [-0.05, 0) is 43.1 Å². The fourth-order valence-corrected chi connectivity index (χ4v) is 2.95. The maximum atomic E-state index is 9.57. The van der Waals surface area contributed by atoms with Crippen LogP contribution >= 0.6 is 0 Å². The molecule has 2 atom stereocenters. The fourth-order valence-electron chi connectivity index (χ4n) is 2.95. The molecule has 1 aromatic rings. The van der Waals surface area contributed by atoms with E-state index >= 15 is 0 Å². The number of likely N-dealkylation sites (N-methyl/N-ethyl adjacent to an activating group) is 1. The number of ether oxygens (including phenoxy) is 1. The van der Waals surface area contributed by atoms with Crippen LogP contribution in [-0.2, 0) is 6.42 Å². The summed E-state index contributed by atoms with van der Waals surface area (Å²) in [7, 11) is 3.85. The summed E-state index contributed by atoms with van der Waals surface area (Å²) < 4.78 is 5.29. The van der Waals surface area contributed by atoms with E-state index < -0.39 is 0 Å². The minimum Gasteiger partial charge on any atom is -0.497 e. The van der Waals surface area contributed by atoms with Crippen LogP contribution in [0.3, 0.4) is 0 Å². The summed E-state index contributed by atoms with van der Waals surface area (Å²) in [4.78, 5) is 2.36. The number of aliphatic hydroxyl groups excluding tert-OH is 1. The van der Waals surface area contributed by atoms with Crippen LogP contribution in [0.4, 0.5) is 0 Å². The van der Waals surface area contributed by atoms with E-state index in [1.54, 1.807) is 7.11 Å². The van der Waals surface area contributed by atoms with Crippen LogP contribution in [0, 0.1) is 5.92 Å². The molecule has 1 aromatic carbocycles. The Bertz CT molecular complexity index is 401. The van der Waals surface area contributed by atoms with Gasteiger partial charge in [-0.2, -0.15) is 0 Å². The van der Waals surface area contributed by atoms with E-state index in [1.807, 2.05) is 6.07 Å². The van der Waals surface area contributed by atoms with Gasteiger partial charge in [0.1, 0.15) is 5.75 Å². The number of rotatable bonds is 4. The van der Waals surface area contributed by atoms with Crippen molar-refractivity contribution in [2.75, 3.05) is 27.3 Å². The lowest BCUT2D eigenvalue weighted by Crippen LogP contribution is -2.37. The van der Waals surface area contributed by atoms with Crippen molar-refractivity contribution in [2.24, 2.45) is 5.92 Å². The number of benzene rings is 1. The average molecular weight is 249 g/mol. The second kappa shape index (κ2) is 5.72. The van der Waals surface area contributed by atoms with Crippen LogP contribution in [0.5, 0.6) is 5.75 Å². The third kappa shape index (κ3) is 2.38. The number of aliphatic hydroxyl groups is 1.